The van der Waals surface area contributed by atoms with Gasteiger partial charge in [-0.2, -0.15) is 5.10 Å². The summed E-state index contributed by atoms with van der Waals surface area (Å²) in [4.78, 5) is 16.8. The van der Waals surface area contributed by atoms with Gasteiger partial charge in [0.25, 0.3) is 0 Å². The maximum Gasteiger partial charge on any atom is 0.225 e. The molecule has 0 spiro atoms. The van der Waals surface area contributed by atoms with Crippen LogP contribution in [0.2, 0.25) is 0 Å². The third kappa shape index (κ3) is 4.30. The van der Waals surface area contributed by atoms with Crippen molar-refractivity contribution in [3.05, 3.63) is 18.0 Å². The van der Waals surface area contributed by atoms with Crippen LogP contribution in [-0.4, -0.2) is 58.2 Å². The van der Waals surface area contributed by atoms with Gasteiger partial charge in [-0.25, -0.2) is 0 Å². The largest absolute Gasteiger partial charge is 0.345 e. The van der Waals surface area contributed by atoms with Crippen molar-refractivity contribution in [2.75, 3.05) is 26.7 Å². The Hall–Kier alpha value is -1.36. The summed E-state index contributed by atoms with van der Waals surface area (Å²) >= 11 is 0. The number of likely N-dealkylation sites (N-methyl/N-ethyl adjacent to an activating group) is 1. The highest BCUT2D eigenvalue weighted by Gasteiger charge is 2.27. The van der Waals surface area contributed by atoms with E-state index >= 15 is 0 Å². The van der Waals surface area contributed by atoms with Crippen molar-refractivity contribution in [2.45, 2.75) is 39.2 Å². The molecule has 1 saturated heterocycles. The minimum Gasteiger partial charge on any atom is -0.345 e. The number of aryl methyl sites for hydroxylation is 1. The van der Waals surface area contributed by atoms with E-state index in [1.54, 1.807) is 4.68 Å². The van der Waals surface area contributed by atoms with E-state index in [1.807, 2.05) is 31.4 Å². The molecule has 21 heavy (non-hydrogen) atoms. The second-order valence-electron chi connectivity index (χ2n) is 6.44. The Morgan fingerprint density at radius 3 is 2.62 bits per heavy atom. The van der Waals surface area contributed by atoms with E-state index in [2.05, 4.69) is 23.8 Å². The van der Waals surface area contributed by atoms with E-state index < -0.39 is 0 Å². The number of likely N-dealkylation sites (tertiary alicyclic amines) is 1. The third-order valence-electron chi connectivity index (χ3n) is 4.48. The lowest BCUT2D eigenvalue weighted by molar-refractivity contribution is -0.135. The molecule has 1 aliphatic rings. The Kier molecular flexibility index (Phi) is 5.39. The lowest BCUT2D eigenvalue weighted by Crippen LogP contribution is -2.43. The molecule has 5 heteroatoms. The number of aromatic nitrogens is 2. The van der Waals surface area contributed by atoms with Gasteiger partial charge < -0.3 is 9.80 Å². The topological polar surface area (TPSA) is 41.4 Å². The summed E-state index contributed by atoms with van der Waals surface area (Å²) in [5.41, 5.74) is 1.19. The second-order valence-corrected chi connectivity index (χ2v) is 6.44. The molecule has 0 radical (unpaired) electrons. The number of hydrogen-bond acceptors (Lipinski definition) is 3. The molecule has 2 rings (SSSR count). The molecule has 0 saturated carbocycles. The molecule has 2 heterocycles. The molecule has 0 N–H and O–H groups in total. The number of rotatable bonds is 5. The third-order valence-corrected chi connectivity index (χ3v) is 4.48. The first-order valence-corrected chi connectivity index (χ1v) is 7.94. The first-order chi connectivity index (χ1) is 9.97. The fourth-order valence-corrected chi connectivity index (χ4v) is 2.98. The van der Waals surface area contributed by atoms with Crippen molar-refractivity contribution in [2.24, 2.45) is 13.0 Å². The molecule has 0 aromatic carbocycles. The highest BCUT2D eigenvalue weighted by molar-refractivity contribution is 5.78. The van der Waals surface area contributed by atoms with Crippen LogP contribution < -0.4 is 0 Å². The number of hydrogen-bond donors (Lipinski definition) is 0. The van der Waals surface area contributed by atoms with Gasteiger partial charge in [-0.15, -0.1) is 0 Å². The standard InChI is InChI=1S/C16H28N4O/c1-13(2)20-9-6-15(7-10-20)16(21)18(3)8-5-14-11-17-19(4)12-14/h11-13,15H,5-10H2,1-4H3. The van der Waals surface area contributed by atoms with E-state index in [1.165, 1.54) is 5.56 Å². The second kappa shape index (κ2) is 7.07. The van der Waals surface area contributed by atoms with Crippen LogP contribution in [0.25, 0.3) is 0 Å². The van der Waals surface area contributed by atoms with Crippen LogP contribution in [0, 0.1) is 5.92 Å². The van der Waals surface area contributed by atoms with Crippen LogP contribution in [0.4, 0.5) is 0 Å². The fraction of sp³-hybridized carbons (Fsp3) is 0.750. The van der Waals surface area contributed by atoms with Crippen LogP contribution in [0.5, 0.6) is 0 Å². The maximum absolute atomic E-state index is 12.5. The quantitative estimate of drug-likeness (QED) is 0.826. The maximum atomic E-state index is 12.5. The molecule has 1 amide bonds. The molecule has 5 nitrogen and oxygen atoms in total. The van der Waals surface area contributed by atoms with E-state index in [0.29, 0.717) is 11.9 Å². The van der Waals surface area contributed by atoms with Gasteiger partial charge in [0.15, 0.2) is 0 Å². The fourth-order valence-electron chi connectivity index (χ4n) is 2.98. The molecule has 0 bridgehead atoms. The van der Waals surface area contributed by atoms with Crippen molar-refractivity contribution in [3.8, 4) is 0 Å². The Morgan fingerprint density at radius 2 is 2.10 bits per heavy atom. The average molecular weight is 292 g/mol. The molecule has 0 unspecified atom stereocenters. The summed E-state index contributed by atoms with van der Waals surface area (Å²) in [7, 11) is 3.84. The normalized spacial score (nSPS) is 17.4. The van der Waals surface area contributed by atoms with Gasteiger partial charge in [-0.1, -0.05) is 0 Å². The molecule has 0 atom stereocenters. The van der Waals surface area contributed by atoms with E-state index in [-0.39, 0.29) is 5.92 Å². The van der Waals surface area contributed by atoms with Crippen molar-refractivity contribution < 1.29 is 4.79 Å². The Balaban J connectivity index is 1.77. The zero-order chi connectivity index (χ0) is 15.4. The summed E-state index contributed by atoms with van der Waals surface area (Å²) in [5.74, 6) is 0.515. The van der Waals surface area contributed by atoms with Gasteiger partial charge in [0.1, 0.15) is 0 Å². The SMILES string of the molecule is CC(C)N1CCC(C(=O)N(C)CCc2cnn(C)c2)CC1. The summed E-state index contributed by atoms with van der Waals surface area (Å²) in [6.07, 6.45) is 6.75. The Morgan fingerprint density at radius 1 is 1.43 bits per heavy atom. The smallest absolute Gasteiger partial charge is 0.225 e. The number of carbonyl (C=O) groups excluding carboxylic acids is 1. The minimum absolute atomic E-state index is 0.207. The molecule has 1 aromatic rings. The minimum atomic E-state index is 0.207. The predicted octanol–water partition coefficient (Wildman–Crippen LogP) is 1.54. The van der Waals surface area contributed by atoms with Crippen molar-refractivity contribution in [1.29, 1.82) is 0 Å². The Labute approximate surface area is 127 Å². The van der Waals surface area contributed by atoms with Crippen LogP contribution in [0.3, 0.4) is 0 Å². The van der Waals surface area contributed by atoms with Crippen LogP contribution in [0.1, 0.15) is 32.3 Å². The van der Waals surface area contributed by atoms with Gasteiger partial charge >= 0.3 is 0 Å². The lowest BCUT2D eigenvalue weighted by atomic mass is 9.94. The number of amides is 1. The average Bonchev–Trinajstić information content (AvgIpc) is 2.89. The van der Waals surface area contributed by atoms with Crippen molar-refractivity contribution in [1.82, 2.24) is 19.6 Å². The monoisotopic (exact) mass is 292 g/mol. The zero-order valence-electron chi connectivity index (χ0n) is 13.7. The summed E-state index contributed by atoms with van der Waals surface area (Å²) in [6, 6.07) is 0.587. The summed E-state index contributed by atoms with van der Waals surface area (Å²) in [5, 5.41) is 4.16. The first kappa shape index (κ1) is 16.0. The lowest BCUT2D eigenvalue weighted by Gasteiger charge is -2.35. The van der Waals surface area contributed by atoms with E-state index in [9.17, 15) is 4.79 Å². The molecular weight excluding hydrogens is 264 g/mol. The first-order valence-electron chi connectivity index (χ1n) is 7.94. The number of nitrogens with zero attached hydrogens (tertiary/aromatic N) is 4. The number of carbonyl (C=O) groups is 1. The summed E-state index contributed by atoms with van der Waals surface area (Å²) < 4.78 is 1.80. The zero-order valence-corrected chi connectivity index (χ0v) is 13.7. The van der Waals surface area contributed by atoms with E-state index in [0.717, 1.165) is 38.9 Å². The van der Waals surface area contributed by atoms with E-state index in [4.69, 9.17) is 0 Å². The summed E-state index contributed by atoms with van der Waals surface area (Å²) in [6.45, 7) is 7.31. The van der Waals surface area contributed by atoms with Crippen LogP contribution in [-0.2, 0) is 18.3 Å². The highest BCUT2D eigenvalue weighted by atomic mass is 16.2. The van der Waals surface area contributed by atoms with Crippen LogP contribution in [0.15, 0.2) is 12.4 Å². The van der Waals surface area contributed by atoms with Crippen molar-refractivity contribution >= 4 is 5.91 Å². The van der Waals surface area contributed by atoms with Gasteiger partial charge in [-0.05, 0) is 51.8 Å². The van der Waals surface area contributed by atoms with Gasteiger partial charge in [-0.3, -0.25) is 9.48 Å². The number of piperidine rings is 1. The van der Waals surface area contributed by atoms with Gasteiger partial charge in [0, 0.05) is 38.8 Å². The highest BCUT2D eigenvalue weighted by Crippen LogP contribution is 2.20. The van der Waals surface area contributed by atoms with Gasteiger partial charge in [0.2, 0.25) is 5.91 Å². The molecule has 1 aliphatic heterocycles. The predicted molar refractivity (Wildman–Crippen MR) is 84.0 cm³/mol. The van der Waals surface area contributed by atoms with Crippen LogP contribution >= 0.6 is 0 Å². The molecular formula is C16H28N4O. The molecule has 1 fully saturated rings. The molecule has 1 aromatic heterocycles. The van der Waals surface area contributed by atoms with Crippen molar-refractivity contribution in [3.63, 3.8) is 0 Å². The Bertz CT molecular complexity index is 461. The van der Waals surface area contributed by atoms with Gasteiger partial charge in [0.05, 0.1) is 6.20 Å². The molecule has 118 valence electrons. The molecule has 0 aliphatic carbocycles.